The minimum absolute atomic E-state index is 0.0465. The number of hydrogen-bond acceptors (Lipinski definition) is 14. The van der Waals surface area contributed by atoms with E-state index in [1.165, 1.54) is 17.1 Å². The van der Waals surface area contributed by atoms with E-state index >= 15 is 0 Å². The van der Waals surface area contributed by atoms with Crippen LogP contribution in [0.2, 0.25) is 0 Å². The van der Waals surface area contributed by atoms with Gasteiger partial charge in [0.1, 0.15) is 6.61 Å². The predicted octanol–water partition coefficient (Wildman–Crippen LogP) is 0.0843. The van der Waals surface area contributed by atoms with Crippen LogP contribution in [0.1, 0.15) is 38.5 Å². The molecule has 0 bridgehead atoms. The second-order valence-corrected chi connectivity index (χ2v) is 9.05. The first-order chi connectivity index (χ1) is 21.0. The van der Waals surface area contributed by atoms with E-state index in [0.717, 1.165) is 19.3 Å². The first kappa shape index (κ1) is 36.4. The maximum Gasteiger partial charge on any atom is 0.335 e. The van der Waals surface area contributed by atoms with Gasteiger partial charge in [-0.1, -0.05) is 0 Å². The van der Waals surface area contributed by atoms with Crippen molar-refractivity contribution in [3.8, 4) is 0 Å². The highest BCUT2D eigenvalue weighted by atomic mass is 17.2. The summed E-state index contributed by atoms with van der Waals surface area (Å²) in [5, 5.41) is 0.508. The predicted molar refractivity (Wildman–Crippen MR) is 143 cm³/mol. The standard InChI is InChI=1S/C27H42N2O14/c30-23-4-5-24(31)28(23)9-2-1-3-10-35-12-14-39-20-21-41-42-22-40-19-18-38-17-16-37-15-13-36-11-8-27(34)43-29-25(32)6-7-26(29)33/h4-5H,1-3,6-22H2. The Morgan fingerprint density at radius 3 is 1.70 bits per heavy atom. The van der Waals surface area contributed by atoms with Crippen LogP contribution in [-0.2, 0) is 67.0 Å². The Morgan fingerprint density at radius 1 is 0.581 bits per heavy atom. The number of carbonyl (C=O) groups excluding carboxylic acids is 5. The van der Waals surface area contributed by atoms with E-state index in [-0.39, 0.29) is 57.7 Å². The van der Waals surface area contributed by atoms with Gasteiger partial charge in [0.2, 0.25) is 0 Å². The van der Waals surface area contributed by atoms with E-state index in [1.807, 2.05) is 0 Å². The Balaban J connectivity index is 1.19. The van der Waals surface area contributed by atoms with Gasteiger partial charge in [-0.05, 0) is 19.3 Å². The molecule has 0 aromatic heterocycles. The molecule has 0 spiro atoms. The summed E-state index contributed by atoms with van der Waals surface area (Å²) < 4.78 is 32.0. The van der Waals surface area contributed by atoms with Crippen LogP contribution in [0.3, 0.4) is 0 Å². The molecule has 4 amide bonds. The minimum Gasteiger partial charge on any atom is -0.379 e. The number of amides is 4. The molecule has 2 aliphatic heterocycles. The maximum absolute atomic E-state index is 11.6. The Labute approximate surface area is 250 Å². The number of rotatable bonds is 28. The molecule has 244 valence electrons. The third-order valence-electron chi connectivity index (χ3n) is 5.73. The molecule has 1 saturated heterocycles. The smallest absolute Gasteiger partial charge is 0.335 e. The zero-order chi connectivity index (χ0) is 31.0. The maximum atomic E-state index is 11.6. The van der Waals surface area contributed by atoms with Gasteiger partial charge in [0.25, 0.3) is 23.6 Å². The van der Waals surface area contributed by atoms with Gasteiger partial charge in [0, 0.05) is 38.1 Å². The van der Waals surface area contributed by atoms with E-state index in [0.29, 0.717) is 71.1 Å². The first-order valence-electron chi connectivity index (χ1n) is 14.3. The summed E-state index contributed by atoms with van der Waals surface area (Å²) in [5.74, 6) is -2.24. The number of hydroxylamine groups is 2. The lowest BCUT2D eigenvalue weighted by Crippen LogP contribution is -2.32. The molecule has 2 heterocycles. The molecule has 16 nitrogen and oxygen atoms in total. The third kappa shape index (κ3) is 17.2. The molecule has 0 aromatic rings. The zero-order valence-corrected chi connectivity index (χ0v) is 24.4. The normalized spacial score (nSPS) is 15.0. The Kier molecular flexibility index (Phi) is 20.0. The molecule has 0 atom stereocenters. The highest BCUT2D eigenvalue weighted by Crippen LogP contribution is 2.12. The molecule has 0 unspecified atom stereocenters. The zero-order valence-electron chi connectivity index (χ0n) is 24.4. The van der Waals surface area contributed by atoms with Crippen LogP contribution in [0.25, 0.3) is 0 Å². The van der Waals surface area contributed by atoms with Crippen molar-refractivity contribution in [2.45, 2.75) is 38.5 Å². The van der Waals surface area contributed by atoms with E-state index in [4.69, 9.17) is 43.0 Å². The Morgan fingerprint density at radius 2 is 1.09 bits per heavy atom. The molecule has 2 rings (SSSR count). The summed E-state index contributed by atoms with van der Waals surface area (Å²) in [7, 11) is 0. The highest BCUT2D eigenvalue weighted by Gasteiger charge is 2.32. The largest absolute Gasteiger partial charge is 0.379 e. The minimum atomic E-state index is -0.711. The Bertz CT molecular complexity index is 850. The average molecular weight is 619 g/mol. The fourth-order valence-electron chi connectivity index (χ4n) is 3.52. The second-order valence-electron chi connectivity index (χ2n) is 9.05. The van der Waals surface area contributed by atoms with Gasteiger partial charge in [0.15, 0.2) is 6.79 Å². The first-order valence-corrected chi connectivity index (χ1v) is 14.3. The van der Waals surface area contributed by atoms with Crippen LogP contribution in [0.5, 0.6) is 0 Å². The van der Waals surface area contributed by atoms with Gasteiger partial charge in [-0.25, -0.2) is 14.6 Å². The molecule has 0 radical (unpaired) electrons. The lowest BCUT2D eigenvalue weighted by Gasteiger charge is -2.13. The van der Waals surface area contributed by atoms with Crippen LogP contribution in [-0.4, -0.2) is 132 Å². The summed E-state index contributed by atoms with van der Waals surface area (Å²) >= 11 is 0. The van der Waals surface area contributed by atoms with E-state index in [2.05, 4.69) is 0 Å². The molecular formula is C27H42N2O14. The van der Waals surface area contributed by atoms with Gasteiger partial charge in [-0.15, -0.1) is 5.06 Å². The highest BCUT2D eigenvalue weighted by molar-refractivity contribution is 6.12. The van der Waals surface area contributed by atoms with Crippen molar-refractivity contribution in [3.05, 3.63) is 12.2 Å². The van der Waals surface area contributed by atoms with Crippen molar-refractivity contribution < 1.29 is 67.0 Å². The summed E-state index contributed by atoms with van der Waals surface area (Å²) in [6, 6.07) is 0. The lowest BCUT2D eigenvalue weighted by atomic mass is 10.2. The molecule has 0 N–H and O–H groups in total. The molecule has 0 aliphatic carbocycles. The summed E-state index contributed by atoms with van der Waals surface area (Å²) in [4.78, 5) is 73.0. The monoisotopic (exact) mass is 618 g/mol. The molecule has 16 heteroatoms. The van der Waals surface area contributed by atoms with Crippen LogP contribution >= 0.6 is 0 Å². The van der Waals surface area contributed by atoms with Crippen LogP contribution < -0.4 is 0 Å². The van der Waals surface area contributed by atoms with Gasteiger partial charge in [-0.3, -0.25) is 24.1 Å². The van der Waals surface area contributed by atoms with Crippen molar-refractivity contribution in [1.82, 2.24) is 9.96 Å². The van der Waals surface area contributed by atoms with E-state index in [9.17, 15) is 24.0 Å². The van der Waals surface area contributed by atoms with Gasteiger partial charge >= 0.3 is 5.97 Å². The van der Waals surface area contributed by atoms with Crippen molar-refractivity contribution in [1.29, 1.82) is 0 Å². The fraction of sp³-hybridized carbons (Fsp3) is 0.741. The summed E-state index contributed by atoms with van der Waals surface area (Å²) in [5.41, 5.74) is 0. The Hall–Kier alpha value is -2.83. The topological polar surface area (TPSA) is 175 Å². The summed E-state index contributed by atoms with van der Waals surface area (Å²) in [6.45, 7) is 4.52. The molecule has 0 saturated carbocycles. The van der Waals surface area contributed by atoms with Crippen molar-refractivity contribution in [3.63, 3.8) is 0 Å². The van der Waals surface area contributed by atoms with E-state index < -0.39 is 17.8 Å². The van der Waals surface area contributed by atoms with Gasteiger partial charge in [-0.2, -0.15) is 0 Å². The van der Waals surface area contributed by atoms with Crippen molar-refractivity contribution in [2.75, 3.05) is 92.6 Å². The molecule has 0 aromatic carbocycles. The number of nitrogens with zero attached hydrogens (tertiary/aromatic N) is 2. The van der Waals surface area contributed by atoms with Gasteiger partial charge < -0.3 is 33.3 Å². The van der Waals surface area contributed by atoms with Crippen LogP contribution in [0.15, 0.2) is 12.2 Å². The third-order valence-corrected chi connectivity index (χ3v) is 5.73. The lowest BCUT2D eigenvalue weighted by molar-refractivity contribution is -0.340. The molecule has 1 fully saturated rings. The summed E-state index contributed by atoms with van der Waals surface area (Å²) in [6.07, 6.45) is 5.06. The fourth-order valence-corrected chi connectivity index (χ4v) is 3.52. The number of imide groups is 2. The van der Waals surface area contributed by atoms with Gasteiger partial charge in [0.05, 0.1) is 72.5 Å². The van der Waals surface area contributed by atoms with Crippen molar-refractivity contribution >= 4 is 29.6 Å². The van der Waals surface area contributed by atoms with E-state index in [1.54, 1.807) is 0 Å². The molecule has 2 aliphatic rings. The number of unbranched alkanes of at least 4 members (excludes halogenated alkanes) is 2. The SMILES string of the molecule is O=C(CCOCCOCCOCCOCOOCCOCCOCCCCCN1C(=O)C=CC1=O)ON1C(=O)CCC1=O. The molecule has 43 heavy (non-hydrogen) atoms. The van der Waals surface area contributed by atoms with Crippen LogP contribution in [0.4, 0.5) is 0 Å². The number of hydrogen-bond donors (Lipinski definition) is 0. The van der Waals surface area contributed by atoms with Crippen LogP contribution in [0, 0.1) is 0 Å². The number of ether oxygens (including phenoxy) is 6. The second kappa shape index (κ2) is 23.6. The van der Waals surface area contributed by atoms with Crippen molar-refractivity contribution in [2.24, 2.45) is 0 Å². The molecular weight excluding hydrogens is 576 g/mol. The number of carbonyl (C=O) groups is 5. The quantitative estimate of drug-likeness (QED) is 0.0379. The average Bonchev–Trinajstić information content (AvgIpc) is 3.49.